The maximum atomic E-state index is 13.5. The largest absolute Gasteiger partial charge is 0.356 e. The molecule has 0 atom stereocenters. The summed E-state index contributed by atoms with van der Waals surface area (Å²) in [5, 5.41) is 0.805. The number of benzene rings is 1. The number of halogens is 1. The maximum Gasteiger partial charge on any atom is 0.139 e. The van der Waals surface area contributed by atoms with E-state index in [1.165, 1.54) is 12.1 Å². The minimum atomic E-state index is -0.237. The van der Waals surface area contributed by atoms with Gasteiger partial charge >= 0.3 is 0 Å². The summed E-state index contributed by atoms with van der Waals surface area (Å²) in [5.74, 6) is 0.621. The summed E-state index contributed by atoms with van der Waals surface area (Å²) in [4.78, 5) is 10.9. The van der Waals surface area contributed by atoms with E-state index in [-0.39, 0.29) is 5.82 Å². The predicted octanol–water partition coefficient (Wildman–Crippen LogP) is 4.18. The molecule has 2 aromatic rings. The quantitative estimate of drug-likeness (QED) is 0.759. The van der Waals surface area contributed by atoms with Crippen molar-refractivity contribution < 1.29 is 4.39 Å². The van der Waals surface area contributed by atoms with Crippen LogP contribution >= 0.6 is 0 Å². The lowest BCUT2D eigenvalue weighted by Crippen LogP contribution is -2.26. The number of rotatable bonds is 7. The van der Waals surface area contributed by atoms with Crippen molar-refractivity contribution in [1.82, 2.24) is 9.97 Å². The van der Waals surface area contributed by atoms with Gasteiger partial charge in [0.1, 0.15) is 18.0 Å². The summed E-state index contributed by atoms with van der Waals surface area (Å²) in [6.45, 7) is 6.27. The lowest BCUT2D eigenvalue weighted by Gasteiger charge is -2.24. The van der Waals surface area contributed by atoms with Crippen LogP contribution in [0.3, 0.4) is 0 Å². The van der Waals surface area contributed by atoms with E-state index in [0.29, 0.717) is 0 Å². The first kappa shape index (κ1) is 14.7. The van der Waals surface area contributed by atoms with Gasteiger partial charge in [-0.25, -0.2) is 14.4 Å². The summed E-state index contributed by atoms with van der Waals surface area (Å²) in [5.41, 5.74) is 0.800. The highest BCUT2D eigenvalue weighted by Crippen LogP contribution is 2.24. The van der Waals surface area contributed by atoms with Crippen molar-refractivity contribution in [2.24, 2.45) is 0 Å². The van der Waals surface area contributed by atoms with Gasteiger partial charge < -0.3 is 4.90 Å². The van der Waals surface area contributed by atoms with E-state index in [1.54, 1.807) is 12.4 Å². The first-order valence-corrected chi connectivity index (χ1v) is 7.41. The Hall–Kier alpha value is -1.71. The van der Waals surface area contributed by atoms with Crippen LogP contribution in [0, 0.1) is 5.82 Å². The molecule has 0 fully saturated rings. The number of aromatic nitrogens is 2. The van der Waals surface area contributed by atoms with Gasteiger partial charge in [0.05, 0.1) is 5.52 Å². The highest BCUT2D eigenvalue weighted by Gasteiger charge is 2.12. The summed E-state index contributed by atoms with van der Waals surface area (Å²) in [7, 11) is 0. The standard InChI is InChI=1S/C16H22FN3/c1-3-5-9-20(10-6-4-2)16-14-11-13(17)7-8-15(14)18-12-19-16/h7-8,11-12H,3-6,9-10H2,1-2H3. The molecule has 0 aliphatic rings. The zero-order chi connectivity index (χ0) is 14.4. The van der Waals surface area contributed by atoms with E-state index in [4.69, 9.17) is 0 Å². The average molecular weight is 275 g/mol. The van der Waals surface area contributed by atoms with Crippen LogP contribution < -0.4 is 4.90 Å². The Morgan fingerprint density at radius 2 is 1.75 bits per heavy atom. The highest BCUT2D eigenvalue weighted by molar-refractivity contribution is 5.89. The van der Waals surface area contributed by atoms with Crippen molar-refractivity contribution in [1.29, 1.82) is 0 Å². The lowest BCUT2D eigenvalue weighted by atomic mass is 10.2. The summed E-state index contributed by atoms with van der Waals surface area (Å²) >= 11 is 0. The molecule has 0 radical (unpaired) electrons. The first-order chi connectivity index (χ1) is 9.76. The van der Waals surface area contributed by atoms with E-state index in [1.807, 2.05) is 0 Å². The van der Waals surface area contributed by atoms with Gasteiger partial charge in [-0.15, -0.1) is 0 Å². The molecule has 0 N–H and O–H groups in total. The third-order valence-electron chi connectivity index (χ3n) is 3.44. The molecule has 1 aromatic carbocycles. The van der Waals surface area contributed by atoms with Gasteiger partial charge in [0.25, 0.3) is 0 Å². The van der Waals surface area contributed by atoms with Gasteiger partial charge in [0.2, 0.25) is 0 Å². The van der Waals surface area contributed by atoms with E-state index in [0.717, 1.165) is 55.5 Å². The molecule has 0 unspecified atom stereocenters. The maximum absolute atomic E-state index is 13.5. The van der Waals surface area contributed by atoms with Crippen LogP contribution in [0.25, 0.3) is 10.9 Å². The normalized spacial score (nSPS) is 10.9. The van der Waals surface area contributed by atoms with Crippen molar-refractivity contribution >= 4 is 16.7 Å². The number of fused-ring (bicyclic) bond motifs is 1. The molecule has 3 nitrogen and oxygen atoms in total. The molecule has 0 amide bonds. The third kappa shape index (κ3) is 3.44. The van der Waals surface area contributed by atoms with Gasteiger partial charge in [-0.2, -0.15) is 0 Å². The van der Waals surface area contributed by atoms with Gasteiger partial charge in [0, 0.05) is 18.5 Å². The number of hydrogen-bond acceptors (Lipinski definition) is 3. The molecule has 0 aliphatic heterocycles. The Bertz CT molecular complexity index is 548. The average Bonchev–Trinajstić information content (AvgIpc) is 2.47. The van der Waals surface area contributed by atoms with Crippen LogP contribution in [-0.4, -0.2) is 23.1 Å². The summed E-state index contributed by atoms with van der Waals surface area (Å²) in [6, 6.07) is 4.70. The second kappa shape index (κ2) is 7.17. The van der Waals surface area contributed by atoms with Crippen LogP contribution in [0.5, 0.6) is 0 Å². The molecule has 0 aliphatic carbocycles. The molecule has 0 saturated heterocycles. The Balaban J connectivity index is 2.37. The van der Waals surface area contributed by atoms with Crippen molar-refractivity contribution in [3.8, 4) is 0 Å². The van der Waals surface area contributed by atoms with E-state index in [2.05, 4.69) is 28.7 Å². The first-order valence-electron chi connectivity index (χ1n) is 7.41. The fourth-order valence-electron chi connectivity index (χ4n) is 2.29. The Kier molecular flexibility index (Phi) is 5.27. The summed E-state index contributed by atoms with van der Waals surface area (Å²) < 4.78 is 13.5. The molecule has 20 heavy (non-hydrogen) atoms. The molecule has 0 spiro atoms. The van der Waals surface area contributed by atoms with E-state index < -0.39 is 0 Å². The van der Waals surface area contributed by atoms with Gasteiger partial charge in [0.15, 0.2) is 0 Å². The van der Waals surface area contributed by atoms with Crippen LogP contribution in [0.4, 0.5) is 10.2 Å². The number of hydrogen-bond donors (Lipinski definition) is 0. The van der Waals surface area contributed by atoms with Gasteiger partial charge in [-0.3, -0.25) is 0 Å². The third-order valence-corrected chi connectivity index (χ3v) is 3.44. The van der Waals surface area contributed by atoms with Crippen LogP contribution in [0.15, 0.2) is 24.5 Å². The van der Waals surface area contributed by atoms with Crippen molar-refractivity contribution in [3.63, 3.8) is 0 Å². The molecule has 0 saturated carbocycles. The second-order valence-corrected chi connectivity index (χ2v) is 5.05. The Morgan fingerprint density at radius 3 is 2.40 bits per heavy atom. The fraction of sp³-hybridized carbons (Fsp3) is 0.500. The molecule has 1 aromatic heterocycles. The zero-order valence-corrected chi connectivity index (χ0v) is 12.3. The molecule has 1 heterocycles. The second-order valence-electron chi connectivity index (χ2n) is 5.05. The van der Waals surface area contributed by atoms with Gasteiger partial charge in [-0.05, 0) is 31.0 Å². The number of nitrogens with zero attached hydrogens (tertiary/aromatic N) is 3. The number of anilines is 1. The van der Waals surface area contributed by atoms with Crippen LogP contribution in [0.2, 0.25) is 0 Å². The van der Waals surface area contributed by atoms with Crippen LogP contribution in [-0.2, 0) is 0 Å². The van der Waals surface area contributed by atoms with Crippen molar-refractivity contribution in [2.45, 2.75) is 39.5 Å². The van der Waals surface area contributed by atoms with E-state index in [9.17, 15) is 4.39 Å². The monoisotopic (exact) mass is 275 g/mol. The van der Waals surface area contributed by atoms with Crippen LogP contribution in [0.1, 0.15) is 39.5 Å². The van der Waals surface area contributed by atoms with Crippen molar-refractivity contribution in [2.75, 3.05) is 18.0 Å². The highest BCUT2D eigenvalue weighted by atomic mass is 19.1. The molecule has 0 bridgehead atoms. The molecule has 108 valence electrons. The van der Waals surface area contributed by atoms with Gasteiger partial charge in [-0.1, -0.05) is 26.7 Å². The minimum absolute atomic E-state index is 0.237. The SMILES string of the molecule is CCCCN(CCCC)c1ncnc2ccc(F)cc12. The zero-order valence-electron chi connectivity index (χ0n) is 12.3. The van der Waals surface area contributed by atoms with E-state index >= 15 is 0 Å². The topological polar surface area (TPSA) is 29.0 Å². The minimum Gasteiger partial charge on any atom is -0.356 e. The molecule has 4 heteroatoms. The Labute approximate surface area is 119 Å². The molecular weight excluding hydrogens is 253 g/mol. The number of unbranched alkanes of at least 4 members (excludes halogenated alkanes) is 2. The molecule has 2 rings (SSSR count). The fourth-order valence-corrected chi connectivity index (χ4v) is 2.29. The summed E-state index contributed by atoms with van der Waals surface area (Å²) in [6.07, 6.45) is 6.08. The molecular formula is C16H22FN3. The predicted molar refractivity (Wildman–Crippen MR) is 81.5 cm³/mol. The smallest absolute Gasteiger partial charge is 0.139 e. The lowest BCUT2D eigenvalue weighted by molar-refractivity contribution is 0.629. The Morgan fingerprint density at radius 1 is 1.05 bits per heavy atom. The van der Waals surface area contributed by atoms with Crippen molar-refractivity contribution in [3.05, 3.63) is 30.3 Å².